The van der Waals surface area contributed by atoms with Gasteiger partial charge in [0.15, 0.2) is 0 Å². The molecule has 0 unspecified atom stereocenters. The number of halogens is 1. The molecule has 0 aliphatic heterocycles. The molecule has 0 saturated heterocycles. The predicted molar refractivity (Wildman–Crippen MR) is 90.1 cm³/mol. The zero-order valence-corrected chi connectivity index (χ0v) is 13.8. The van der Waals surface area contributed by atoms with Gasteiger partial charge in [0.2, 0.25) is 11.8 Å². The number of rotatable bonds is 5. The largest absolute Gasteiger partial charge is 0.325 e. The van der Waals surface area contributed by atoms with Crippen LogP contribution in [0.2, 0.25) is 0 Å². The van der Waals surface area contributed by atoms with Gasteiger partial charge >= 0.3 is 0 Å². The summed E-state index contributed by atoms with van der Waals surface area (Å²) >= 11 is 0. The number of aryl methyl sites for hydroxylation is 1. The maximum atomic E-state index is 13.7. The average molecular weight is 330 g/mol. The number of aromatic nitrogens is 2. The molecule has 2 rings (SSSR count). The molecule has 2 aromatic rings. The fourth-order valence-electron chi connectivity index (χ4n) is 2.04. The fraction of sp³-hybridized carbons (Fsp3) is 0.235. The molecule has 0 aliphatic carbocycles. The van der Waals surface area contributed by atoms with Crippen molar-refractivity contribution in [1.29, 1.82) is 0 Å². The van der Waals surface area contributed by atoms with Crippen LogP contribution in [0.25, 0.3) is 0 Å². The van der Waals surface area contributed by atoms with Gasteiger partial charge in [0.05, 0.1) is 17.3 Å². The van der Waals surface area contributed by atoms with E-state index in [4.69, 9.17) is 0 Å². The second-order valence-electron chi connectivity index (χ2n) is 5.87. The van der Waals surface area contributed by atoms with Crippen molar-refractivity contribution in [3.8, 4) is 0 Å². The number of amides is 2. The van der Waals surface area contributed by atoms with E-state index in [9.17, 15) is 14.0 Å². The highest BCUT2D eigenvalue weighted by Crippen LogP contribution is 2.26. The lowest BCUT2D eigenvalue weighted by Gasteiger charge is -2.22. The van der Waals surface area contributed by atoms with Crippen molar-refractivity contribution in [3.05, 3.63) is 54.6 Å². The number of carbonyl (C=O) groups is 2. The molecule has 0 atom stereocenters. The topological polar surface area (TPSA) is 76.0 Å². The number of carbonyl (C=O) groups excluding carboxylic acids is 2. The first-order chi connectivity index (χ1) is 11.2. The van der Waals surface area contributed by atoms with Crippen LogP contribution < -0.4 is 10.6 Å². The molecular weight excluding hydrogens is 311 g/mol. The lowest BCUT2D eigenvalue weighted by molar-refractivity contribution is -0.120. The number of nitrogens with one attached hydrogen (secondary N) is 2. The smallest absolute Gasteiger partial charge is 0.247 e. The molecule has 1 aromatic heterocycles. The van der Waals surface area contributed by atoms with Crippen molar-refractivity contribution in [1.82, 2.24) is 9.78 Å². The van der Waals surface area contributed by atoms with Crippen LogP contribution in [0.4, 0.5) is 15.8 Å². The van der Waals surface area contributed by atoms with Gasteiger partial charge in [0, 0.05) is 24.5 Å². The monoisotopic (exact) mass is 330 g/mol. The number of hydrogen-bond acceptors (Lipinski definition) is 3. The third-order valence-electron chi connectivity index (χ3n) is 3.66. The minimum Gasteiger partial charge on any atom is -0.325 e. The summed E-state index contributed by atoms with van der Waals surface area (Å²) in [6.07, 6.45) is 4.43. The summed E-state index contributed by atoms with van der Waals surface area (Å²) in [5, 5.41) is 9.15. The van der Waals surface area contributed by atoms with Gasteiger partial charge in [-0.15, -0.1) is 0 Å². The van der Waals surface area contributed by atoms with Crippen LogP contribution >= 0.6 is 0 Å². The van der Waals surface area contributed by atoms with Crippen LogP contribution in [0.15, 0.2) is 43.2 Å². The van der Waals surface area contributed by atoms with E-state index in [1.807, 2.05) is 0 Å². The van der Waals surface area contributed by atoms with Crippen molar-refractivity contribution in [3.63, 3.8) is 0 Å². The van der Waals surface area contributed by atoms with E-state index in [2.05, 4.69) is 22.3 Å². The molecule has 7 heteroatoms. The normalized spacial score (nSPS) is 11.0. The van der Waals surface area contributed by atoms with Crippen LogP contribution in [-0.4, -0.2) is 21.6 Å². The third-order valence-corrected chi connectivity index (χ3v) is 3.66. The first-order valence-corrected chi connectivity index (χ1v) is 7.27. The lowest BCUT2D eigenvalue weighted by Crippen LogP contribution is -2.34. The van der Waals surface area contributed by atoms with E-state index in [0.717, 1.165) is 11.6 Å². The Morgan fingerprint density at radius 2 is 2.04 bits per heavy atom. The molecule has 2 amide bonds. The molecule has 0 radical (unpaired) electrons. The molecule has 0 bridgehead atoms. The Morgan fingerprint density at radius 3 is 2.62 bits per heavy atom. The quantitative estimate of drug-likeness (QED) is 0.828. The Balaban J connectivity index is 2.21. The minimum absolute atomic E-state index is 0.0307. The molecular formula is C17H19FN4O2. The first-order valence-electron chi connectivity index (χ1n) is 7.27. The van der Waals surface area contributed by atoms with Gasteiger partial charge in [-0.3, -0.25) is 14.3 Å². The van der Waals surface area contributed by atoms with Gasteiger partial charge < -0.3 is 10.6 Å². The van der Waals surface area contributed by atoms with Crippen LogP contribution in [-0.2, 0) is 22.1 Å². The zero-order valence-electron chi connectivity index (χ0n) is 13.8. The van der Waals surface area contributed by atoms with Crippen molar-refractivity contribution < 1.29 is 14.0 Å². The fourth-order valence-corrected chi connectivity index (χ4v) is 2.04. The van der Waals surface area contributed by atoms with Gasteiger partial charge in [-0.2, -0.15) is 5.10 Å². The molecule has 6 nitrogen and oxygen atoms in total. The van der Waals surface area contributed by atoms with Gasteiger partial charge in [-0.05, 0) is 38.1 Å². The number of hydrogen-bond donors (Lipinski definition) is 2. The number of benzene rings is 1. The van der Waals surface area contributed by atoms with Gasteiger partial charge in [-0.1, -0.05) is 6.58 Å². The zero-order chi connectivity index (χ0) is 17.9. The molecule has 0 aliphatic rings. The summed E-state index contributed by atoms with van der Waals surface area (Å²) in [7, 11) is 1.77. The van der Waals surface area contributed by atoms with E-state index in [1.165, 1.54) is 18.2 Å². The van der Waals surface area contributed by atoms with Crippen molar-refractivity contribution in [2.24, 2.45) is 7.05 Å². The minimum atomic E-state index is -0.826. The molecule has 0 fully saturated rings. The highest BCUT2D eigenvalue weighted by molar-refractivity contribution is 6.01. The van der Waals surface area contributed by atoms with Crippen molar-refractivity contribution in [2.75, 3.05) is 10.6 Å². The van der Waals surface area contributed by atoms with Crippen LogP contribution in [0, 0.1) is 5.82 Å². The van der Waals surface area contributed by atoms with E-state index < -0.39 is 17.1 Å². The summed E-state index contributed by atoms with van der Waals surface area (Å²) < 4.78 is 15.3. The summed E-state index contributed by atoms with van der Waals surface area (Å²) in [6, 6.07) is 3.95. The maximum Gasteiger partial charge on any atom is 0.247 e. The molecule has 126 valence electrons. The Morgan fingerprint density at radius 1 is 1.33 bits per heavy atom. The summed E-state index contributed by atoms with van der Waals surface area (Å²) in [5.74, 6) is -1.41. The van der Waals surface area contributed by atoms with E-state index in [-0.39, 0.29) is 11.6 Å². The predicted octanol–water partition coefficient (Wildman–Crippen LogP) is 2.60. The Hall–Kier alpha value is -2.96. The van der Waals surface area contributed by atoms with Crippen molar-refractivity contribution in [2.45, 2.75) is 19.3 Å². The van der Waals surface area contributed by atoms with E-state index in [1.54, 1.807) is 38.0 Å². The molecule has 1 aromatic carbocycles. The third kappa shape index (κ3) is 3.68. The van der Waals surface area contributed by atoms with Gasteiger partial charge in [0.1, 0.15) is 5.82 Å². The van der Waals surface area contributed by atoms with Gasteiger partial charge in [0.25, 0.3) is 0 Å². The molecule has 0 spiro atoms. The van der Waals surface area contributed by atoms with E-state index in [0.29, 0.717) is 5.69 Å². The highest BCUT2D eigenvalue weighted by Gasteiger charge is 2.31. The number of nitrogens with zero attached hydrogens (tertiary/aromatic N) is 2. The SMILES string of the molecule is C=CC(=O)Nc1cc(NC(=O)C(C)(C)c2cnn(C)c2)ccc1F. The number of anilines is 2. The Kier molecular flexibility index (Phi) is 4.82. The Labute approximate surface area is 139 Å². The molecule has 0 saturated carbocycles. The highest BCUT2D eigenvalue weighted by atomic mass is 19.1. The summed E-state index contributed by atoms with van der Waals surface area (Å²) in [6.45, 7) is 6.85. The maximum absolute atomic E-state index is 13.7. The summed E-state index contributed by atoms with van der Waals surface area (Å²) in [5.41, 5.74) is 0.270. The second kappa shape index (κ2) is 6.66. The lowest BCUT2D eigenvalue weighted by atomic mass is 9.86. The average Bonchev–Trinajstić information content (AvgIpc) is 2.97. The molecule has 24 heavy (non-hydrogen) atoms. The first kappa shape index (κ1) is 17.4. The standard InChI is InChI=1S/C17H19FN4O2/c1-5-15(23)21-14-8-12(6-7-13(14)18)20-16(24)17(2,3)11-9-19-22(4)10-11/h5-10H,1H2,2-4H3,(H,20,24)(H,21,23). The molecule has 1 heterocycles. The Bertz CT molecular complexity index is 796. The summed E-state index contributed by atoms with van der Waals surface area (Å²) in [4.78, 5) is 23.9. The van der Waals surface area contributed by atoms with Crippen LogP contribution in [0.5, 0.6) is 0 Å². The van der Waals surface area contributed by atoms with Crippen molar-refractivity contribution >= 4 is 23.2 Å². The van der Waals surface area contributed by atoms with Crippen LogP contribution in [0.1, 0.15) is 19.4 Å². The molecule has 2 N–H and O–H groups in total. The van der Waals surface area contributed by atoms with E-state index >= 15 is 0 Å². The van der Waals surface area contributed by atoms with Gasteiger partial charge in [-0.25, -0.2) is 4.39 Å². The second-order valence-corrected chi connectivity index (χ2v) is 5.87. The van der Waals surface area contributed by atoms with Crippen LogP contribution in [0.3, 0.4) is 0 Å².